The molecule has 2 aliphatic heterocycles. The topological polar surface area (TPSA) is 96.3 Å². The van der Waals surface area contributed by atoms with Gasteiger partial charge in [-0.05, 0) is 53.4 Å². The number of aromatic hydroxyl groups is 1. The van der Waals surface area contributed by atoms with Gasteiger partial charge in [0.25, 0.3) is 0 Å². The maximum absolute atomic E-state index is 13.3. The number of carbonyl (C=O) groups excluding carboxylic acids is 2. The molecule has 0 amide bonds. The second kappa shape index (κ2) is 7.34. The highest BCUT2D eigenvalue weighted by Crippen LogP contribution is 2.43. The van der Waals surface area contributed by atoms with Crippen LogP contribution in [0.1, 0.15) is 59.6 Å². The number of aliphatic hydroxyl groups excluding tert-OH is 1. The first-order valence-corrected chi connectivity index (χ1v) is 10.2. The molecular formula is C23H27NO6. The summed E-state index contributed by atoms with van der Waals surface area (Å²) in [5, 5.41) is 21.5. The first-order valence-electron chi connectivity index (χ1n) is 10.2. The number of aliphatic hydroxyl groups is 1. The maximum Gasteiger partial charge on any atom is 0.197 e. The number of ketones is 2. The van der Waals surface area contributed by atoms with Gasteiger partial charge in [-0.1, -0.05) is 6.07 Å². The van der Waals surface area contributed by atoms with Crippen LogP contribution in [0.2, 0.25) is 0 Å². The van der Waals surface area contributed by atoms with Crippen molar-refractivity contribution >= 4 is 11.6 Å². The molecule has 1 aromatic carbocycles. The van der Waals surface area contributed by atoms with Gasteiger partial charge in [0.05, 0.1) is 35.2 Å². The number of ether oxygens (including phenoxy) is 2. The van der Waals surface area contributed by atoms with Crippen molar-refractivity contribution < 1.29 is 29.3 Å². The van der Waals surface area contributed by atoms with Crippen LogP contribution < -0.4 is 0 Å². The quantitative estimate of drug-likeness (QED) is 0.769. The van der Waals surface area contributed by atoms with Gasteiger partial charge in [0.2, 0.25) is 0 Å². The fraction of sp³-hybridized carbons (Fsp3) is 0.478. The summed E-state index contributed by atoms with van der Waals surface area (Å²) in [7, 11) is 3.76. The van der Waals surface area contributed by atoms with Crippen molar-refractivity contribution in [3.05, 3.63) is 51.8 Å². The van der Waals surface area contributed by atoms with Gasteiger partial charge < -0.3 is 24.6 Å². The summed E-state index contributed by atoms with van der Waals surface area (Å²) in [4.78, 5) is 28.3. The highest BCUT2D eigenvalue weighted by molar-refractivity contribution is 6.29. The normalized spacial score (nSPS) is 31.3. The number of likely N-dealkylation sites (N-methyl/N-ethyl adjacent to an activating group) is 1. The van der Waals surface area contributed by atoms with Crippen LogP contribution in [-0.2, 0) is 9.47 Å². The van der Waals surface area contributed by atoms with Crippen LogP contribution >= 0.6 is 0 Å². The Morgan fingerprint density at radius 3 is 2.50 bits per heavy atom. The number of nitrogens with zero attached hydrogens (tertiary/aromatic N) is 1. The van der Waals surface area contributed by atoms with E-state index < -0.39 is 30.2 Å². The second-order valence-electron chi connectivity index (χ2n) is 8.51. The second-order valence-corrected chi connectivity index (χ2v) is 8.51. The minimum Gasteiger partial charge on any atom is -0.507 e. The van der Waals surface area contributed by atoms with Crippen LogP contribution in [-0.4, -0.2) is 65.1 Å². The molecule has 0 radical (unpaired) electrons. The Morgan fingerprint density at radius 2 is 1.83 bits per heavy atom. The van der Waals surface area contributed by atoms with E-state index in [2.05, 4.69) is 0 Å². The standard InChI is InChI=1S/C23H27NO6/c1-10-8-15-18(11(2)29-10)23(28)19-14(21(15)26)7-6-13(22(19)27)17-9-16(24(4)5)20(25)12(3)30-17/h6-8,11-12,16-17,20,25,27H,9H2,1-5H3/t11?,12-,16-,17-,20-/m1/s1. The molecule has 3 aliphatic rings. The van der Waals surface area contributed by atoms with E-state index in [0.717, 1.165) is 0 Å². The molecule has 1 aromatic rings. The summed E-state index contributed by atoms with van der Waals surface area (Å²) in [6.45, 7) is 5.24. The van der Waals surface area contributed by atoms with Crippen molar-refractivity contribution in [2.75, 3.05) is 14.1 Å². The number of allylic oxidation sites excluding steroid dienone is 3. The number of fused-ring (bicyclic) bond motifs is 1. The number of rotatable bonds is 2. The zero-order valence-electron chi connectivity index (χ0n) is 17.8. The minimum atomic E-state index is -0.665. The summed E-state index contributed by atoms with van der Waals surface area (Å²) in [6, 6.07) is 3.06. The molecule has 1 aliphatic carbocycles. The van der Waals surface area contributed by atoms with Gasteiger partial charge in [-0.3, -0.25) is 9.59 Å². The molecule has 4 rings (SSSR count). The molecule has 30 heavy (non-hydrogen) atoms. The summed E-state index contributed by atoms with van der Waals surface area (Å²) in [6.07, 6.45) is -0.167. The highest BCUT2D eigenvalue weighted by atomic mass is 16.5. The van der Waals surface area contributed by atoms with E-state index >= 15 is 0 Å². The number of Topliss-reactive ketones (excluding diaryl/α,β-unsaturated/α-hetero) is 2. The molecule has 7 nitrogen and oxygen atoms in total. The molecule has 5 atom stereocenters. The molecule has 7 heteroatoms. The number of carbonyl (C=O) groups is 2. The first-order chi connectivity index (χ1) is 14.1. The van der Waals surface area contributed by atoms with E-state index in [1.807, 2.05) is 19.0 Å². The van der Waals surface area contributed by atoms with E-state index in [0.29, 0.717) is 23.3 Å². The minimum absolute atomic E-state index is 0.00318. The Kier molecular flexibility index (Phi) is 5.08. The van der Waals surface area contributed by atoms with Crippen LogP contribution in [0.5, 0.6) is 5.75 Å². The SMILES string of the molecule is CC1=CC2=C(C(=O)c3c(ccc([C@H]4C[C@@H](N(C)C)[C@H](O)[C@@H](C)O4)c3O)C2=O)C(C)O1. The third-order valence-electron chi connectivity index (χ3n) is 6.30. The summed E-state index contributed by atoms with van der Waals surface area (Å²) < 4.78 is 11.6. The van der Waals surface area contributed by atoms with Crippen molar-refractivity contribution in [1.29, 1.82) is 0 Å². The molecule has 1 saturated heterocycles. The van der Waals surface area contributed by atoms with Gasteiger partial charge in [0.1, 0.15) is 11.9 Å². The molecule has 2 heterocycles. The average molecular weight is 413 g/mol. The molecule has 1 fully saturated rings. The van der Waals surface area contributed by atoms with E-state index in [1.54, 1.807) is 39.0 Å². The lowest BCUT2D eigenvalue weighted by Gasteiger charge is -2.41. The molecule has 0 bridgehead atoms. The third-order valence-corrected chi connectivity index (χ3v) is 6.30. The van der Waals surface area contributed by atoms with Crippen molar-refractivity contribution in [3.8, 4) is 5.75 Å². The maximum atomic E-state index is 13.3. The molecular weight excluding hydrogens is 386 g/mol. The van der Waals surface area contributed by atoms with Crippen molar-refractivity contribution in [2.24, 2.45) is 0 Å². The van der Waals surface area contributed by atoms with Gasteiger partial charge >= 0.3 is 0 Å². The molecule has 0 saturated carbocycles. The predicted molar refractivity (Wildman–Crippen MR) is 109 cm³/mol. The Hall–Kier alpha value is -2.48. The number of phenolic OH excluding ortho intramolecular Hbond substituents is 1. The number of phenols is 1. The van der Waals surface area contributed by atoms with Gasteiger partial charge in [-0.2, -0.15) is 0 Å². The van der Waals surface area contributed by atoms with Crippen molar-refractivity contribution in [2.45, 2.75) is 57.6 Å². The van der Waals surface area contributed by atoms with E-state index in [9.17, 15) is 19.8 Å². The lowest BCUT2D eigenvalue weighted by molar-refractivity contribution is -0.142. The van der Waals surface area contributed by atoms with Gasteiger partial charge in [-0.15, -0.1) is 0 Å². The fourth-order valence-corrected chi connectivity index (χ4v) is 4.72. The average Bonchev–Trinajstić information content (AvgIpc) is 2.67. The number of hydrogen-bond acceptors (Lipinski definition) is 7. The molecule has 1 unspecified atom stereocenters. The van der Waals surface area contributed by atoms with E-state index in [1.165, 1.54) is 0 Å². The lowest BCUT2D eigenvalue weighted by Crippen LogP contribution is -2.50. The highest BCUT2D eigenvalue weighted by Gasteiger charge is 2.42. The Balaban J connectivity index is 1.78. The van der Waals surface area contributed by atoms with Crippen molar-refractivity contribution in [3.63, 3.8) is 0 Å². The zero-order chi connectivity index (χ0) is 21.9. The number of benzene rings is 1. The van der Waals surface area contributed by atoms with Crippen LogP contribution in [0.15, 0.2) is 35.1 Å². The van der Waals surface area contributed by atoms with Gasteiger partial charge in [0.15, 0.2) is 11.6 Å². The van der Waals surface area contributed by atoms with Crippen LogP contribution in [0.3, 0.4) is 0 Å². The summed E-state index contributed by atoms with van der Waals surface area (Å²) >= 11 is 0. The Morgan fingerprint density at radius 1 is 1.13 bits per heavy atom. The van der Waals surface area contributed by atoms with E-state index in [-0.39, 0.29) is 34.3 Å². The molecule has 160 valence electrons. The number of hydrogen-bond donors (Lipinski definition) is 2. The Labute approximate surface area is 175 Å². The molecule has 0 aromatic heterocycles. The van der Waals surface area contributed by atoms with Crippen LogP contribution in [0.4, 0.5) is 0 Å². The van der Waals surface area contributed by atoms with Gasteiger partial charge in [-0.25, -0.2) is 0 Å². The summed E-state index contributed by atoms with van der Waals surface area (Å²) in [5.41, 5.74) is 1.23. The Bertz CT molecular complexity index is 992. The van der Waals surface area contributed by atoms with E-state index in [4.69, 9.17) is 9.47 Å². The largest absolute Gasteiger partial charge is 0.507 e. The monoisotopic (exact) mass is 413 g/mol. The van der Waals surface area contributed by atoms with Crippen LogP contribution in [0.25, 0.3) is 0 Å². The summed E-state index contributed by atoms with van der Waals surface area (Å²) in [5.74, 6) is -0.356. The lowest BCUT2D eigenvalue weighted by atomic mass is 9.79. The predicted octanol–water partition coefficient (Wildman–Crippen LogP) is 2.53. The smallest absolute Gasteiger partial charge is 0.197 e. The third kappa shape index (κ3) is 3.09. The van der Waals surface area contributed by atoms with Crippen LogP contribution in [0, 0.1) is 0 Å². The fourth-order valence-electron chi connectivity index (χ4n) is 4.72. The molecule has 0 spiro atoms. The molecule has 2 N–H and O–H groups in total. The van der Waals surface area contributed by atoms with Crippen molar-refractivity contribution in [1.82, 2.24) is 4.90 Å². The zero-order valence-corrected chi connectivity index (χ0v) is 17.8. The first kappa shape index (κ1) is 20.8. The van der Waals surface area contributed by atoms with Gasteiger partial charge in [0, 0.05) is 22.7 Å².